The third-order valence-corrected chi connectivity index (χ3v) is 5.86. The summed E-state index contributed by atoms with van der Waals surface area (Å²) in [5.41, 5.74) is 6.23. The number of carbonyl (C=O) groups excluding carboxylic acids is 1. The van der Waals surface area contributed by atoms with E-state index in [0.717, 1.165) is 33.0 Å². The van der Waals surface area contributed by atoms with E-state index in [9.17, 15) is 9.18 Å². The number of fused-ring (bicyclic) bond motifs is 1. The average Bonchev–Trinajstić information content (AvgIpc) is 2.88. The zero-order valence-corrected chi connectivity index (χ0v) is 20.6. The van der Waals surface area contributed by atoms with E-state index < -0.39 is 0 Å². The van der Waals surface area contributed by atoms with Crippen LogP contribution in [0.2, 0.25) is 0 Å². The lowest BCUT2D eigenvalue weighted by Gasteiger charge is -2.13. The maximum atomic E-state index is 13.2. The number of halogens is 1. The van der Waals surface area contributed by atoms with Crippen LogP contribution in [0.15, 0.2) is 84.0 Å². The molecule has 0 bridgehead atoms. The lowest BCUT2D eigenvalue weighted by molar-refractivity contribution is -0.123. The molecule has 6 heteroatoms. The van der Waals surface area contributed by atoms with Crippen molar-refractivity contribution in [2.75, 3.05) is 6.61 Å². The maximum absolute atomic E-state index is 13.2. The molecule has 0 aliphatic rings. The van der Waals surface area contributed by atoms with Gasteiger partial charge in [-0.3, -0.25) is 4.79 Å². The molecular weight excluding hydrogens is 455 g/mol. The standard InChI is InChI=1S/C30H29FN2O3/c1-20(2)24-11-8-21(3)29(16-24)36-19-30(34)33-32-17-27-26-7-5-4-6-23(26)12-15-28(27)35-18-22-9-13-25(31)14-10-22/h4-17,20H,18-19H2,1-3H3,(H,33,34)/b32-17-. The first-order valence-electron chi connectivity index (χ1n) is 11.8. The maximum Gasteiger partial charge on any atom is 0.277 e. The Morgan fingerprint density at radius 2 is 1.75 bits per heavy atom. The highest BCUT2D eigenvalue weighted by Crippen LogP contribution is 2.28. The Morgan fingerprint density at radius 3 is 2.53 bits per heavy atom. The molecule has 0 atom stereocenters. The van der Waals surface area contributed by atoms with Crippen LogP contribution in [-0.4, -0.2) is 18.7 Å². The number of ether oxygens (including phenoxy) is 2. The van der Waals surface area contributed by atoms with Crippen LogP contribution in [0.1, 0.15) is 42.0 Å². The molecule has 4 aromatic carbocycles. The van der Waals surface area contributed by atoms with E-state index in [1.165, 1.54) is 12.1 Å². The van der Waals surface area contributed by atoms with Gasteiger partial charge in [0.25, 0.3) is 5.91 Å². The highest BCUT2D eigenvalue weighted by molar-refractivity contribution is 6.02. The molecule has 184 valence electrons. The minimum atomic E-state index is -0.366. The molecular formula is C30H29FN2O3. The number of nitrogens with zero attached hydrogens (tertiary/aromatic N) is 1. The fraction of sp³-hybridized carbons (Fsp3) is 0.200. The predicted octanol–water partition coefficient (Wildman–Crippen LogP) is 6.52. The molecule has 0 radical (unpaired) electrons. The highest BCUT2D eigenvalue weighted by atomic mass is 19.1. The van der Waals surface area contributed by atoms with Gasteiger partial charge in [-0.05, 0) is 64.6 Å². The minimum absolute atomic E-state index is 0.150. The molecule has 0 heterocycles. The van der Waals surface area contributed by atoms with Gasteiger partial charge < -0.3 is 9.47 Å². The normalized spacial score (nSPS) is 11.2. The molecule has 4 rings (SSSR count). The van der Waals surface area contributed by atoms with Crippen LogP contribution in [0.4, 0.5) is 4.39 Å². The number of benzene rings is 4. The number of nitrogens with one attached hydrogen (secondary N) is 1. The van der Waals surface area contributed by atoms with Crippen LogP contribution in [0.3, 0.4) is 0 Å². The molecule has 0 aromatic heterocycles. The van der Waals surface area contributed by atoms with Crippen LogP contribution in [0.5, 0.6) is 11.5 Å². The van der Waals surface area contributed by atoms with Gasteiger partial charge in [0.1, 0.15) is 23.9 Å². The second kappa shape index (κ2) is 11.5. The Hall–Kier alpha value is -4.19. The molecule has 0 aliphatic heterocycles. The summed E-state index contributed by atoms with van der Waals surface area (Å²) in [6, 6.07) is 23.9. The molecule has 0 aliphatic carbocycles. The number of hydrogen-bond acceptors (Lipinski definition) is 4. The molecule has 0 saturated carbocycles. The van der Waals surface area contributed by atoms with E-state index >= 15 is 0 Å². The van der Waals surface area contributed by atoms with Crippen molar-refractivity contribution in [3.63, 3.8) is 0 Å². The fourth-order valence-electron chi connectivity index (χ4n) is 3.75. The lowest BCUT2D eigenvalue weighted by Crippen LogP contribution is -2.24. The van der Waals surface area contributed by atoms with Crippen molar-refractivity contribution >= 4 is 22.9 Å². The third kappa shape index (κ3) is 6.27. The molecule has 0 saturated heterocycles. The van der Waals surface area contributed by atoms with Gasteiger partial charge in [0.2, 0.25) is 0 Å². The van der Waals surface area contributed by atoms with Gasteiger partial charge in [-0.1, -0.05) is 68.4 Å². The van der Waals surface area contributed by atoms with Gasteiger partial charge in [-0.2, -0.15) is 5.10 Å². The third-order valence-electron chi connectivity index (χ3n) is 5.86. The molecule has 4 aromatic rings. The van der Waals surface area contributed by atoms with E-state index in [1.54, 1.807) is 18.3 Å². The van der Waals surface area contributed by atoms with Crippen LogP contribution >= 0.6 is 0 Å². The molecule has 1 N–H and O–H groups in total. The summed E-state index contributed by atoms with van der Waals surface area (Å²) in [6.45, 7) is 6.29. The quantitative estimate of drug-likeness (QED) is 0.217. The smallest absolute Gasteiger partial charge is 0.277 e. The largest absolute Gasteiger partial charge is 0.488 e. The first kappa shape index (κ1) is 24.9. The van der Waals surface area contributed by atoms with Crippen molar-refractivity contribution < 1.29 is 18.7 Å². The molecule has 5 nitrogen and oxygen atoms in total. The van der Waals surface area contributed by atoms with E-state index in [1.807, 2.05) is 55.5 Å². The summed E-state index contributed by atoms with van der Waals surface area (Å²) in [6.07, 6.45) is 1.57. The molecule has 0 unspecified atom stereocenters. The molecule has 0 fully saturated rings. The minimum Gasteiger partial charge on any atom is -0.488 e. The van der Waals surface area contributed by atoms with Crippen molar-refractivity contribution in [2.24, 2.45) is 5.10 Å². The van der Waals surface area contributed by atoms with Gasteiger partial charge in [-0.15, -0.1) is 0 Å². The zero-order valence-electron chi connectivity index (χ0n) is 20.6. The second-order valence-electron chi connectivity index (χ2n) is 8.88. The summed E-state index contributed by atoms with van der Waals surface area (Å²) >= 11 is 0. The predicted molar refractivity (Wildman–Crippen MR) is 141 cm³/mol. The van der Waals surface area contributed by atoms with Gasteiger partial charge >= 0.3 is 0 Å². The first-order valence-corrected chi connectivity index (χ1v) is 11.8. The Balaban J connectivity index is 1.45. The summed E-state index contributed by atoms with van der Waals surface area (Å²) in [7, 11) is 0. The lowest BCUT2D eigenvalue weighted by atomic mass is 10.0. The van der Waals surface area contributed by atoms with Crippen molar-refractivity contribution in [1.29, 1.82) is 0 Å². The highest BCUT2D eigenvalue weighted by Gasteiger charge is 2.10. The topological polar surface area (TPSA) is 59.9 Å². The van der Waals surface area contributed by atoms with Crippen molar-refractivity contribution in [1.82, 2.24) is 5.43 Å². The van der Waals surface area contributed by atoms with E-state index in [-0.39, 0.29) is 24.9 Å². The molecule has 36 heavy (non-hydrogen) atoms. The molecule has 0 spiro atoms. The Morgan fingerprint density at radius 1 is 0.972 bits per heavy atom. The van der Waals surface area contributed by atoms with E-state index in [0.29, 0.717) is 17.4 Å². The Labute approximate surface area is 210 Å². The number of carbonyl (C=O) groups is 1. The van der Waals surface area contributed by atoms with E-state index in [4.69, 9.17) is 9.47 Å². The average molecular weight is 485 g/mol. The monoisotopic (exact) mass is 484 g/mol. The first-order chi connectivity index (χ1) is 17.4. The van der Waals surface area contributed by atoms with Crippen LogP contribution < -0.4 is 14.9 Å². The Kier molecular flexibility index (Phi) is 7.95. The zero-order chi connectivity index (χ0) is 25.5. The molecule has 1 amide bonds. The van der Waals surface area contributed by atoms with Gasteiger partial charge in [0, 0.05) is 5.56 Å². The summed E-state index contributed by atoms with van der Waals surface area (Å²) in [4.78, 5) is 12.4. The summed E-state index contributed by atoms with van der Waals surface area (Å²) in [5, 5.41) is 6.12. The van der Waals surface area contributed by atoms with Crippen LogP contribution in [-0.2, 0) is 11.4 Å². The van der Waals surface area contributed by atoms with Gasteiger partial charge in [0.05, 0.1) is 6.21 Å². The summed E-state index contributed by atoms with van der Waals surface area (Å²) < 4.78 is 25.0. The van der Waals surface area contributed by atoms with Crippen molar-refractivity contribution in [3.05, 3.63) is 107 Å². The second-order valence-corrected chi connectivity index (χ2v) is 8.88. The summed E-state index contributed by atoms with van der Waals surface area (Å²) in [5.74, 6) is 1.00. The number of hydrogen-bond donors (Lipinski definition) is 1. The number of hydrazone groups is 1. The Bertz CT molecular complexity index is 1380. The van der Waals surface area contributed by atoms with E-state index in [2.05, 4.69) is 30.4 Å². The van der Waals surface area contributed by atoms with Crippen molar-refractivity contribution in [3.8, 4) is 11.5 Å². The van der Waals surface area contributed by atoms with Crippen LogP contribution in [0.25, 0.3) is 10.8 Å². The number of rotatable bonds is 9. The van der Waals surface area contributed by atoms with Crippen LogP contribution in [0, 0.1) is 12.7 Å². The number of aryl methyl sites for hydroxylation is 1. The number of amides is 1. The van der Waals surface area contributed by atoms with Gasteiger partial charge in [-0.25, -0.2) is 9.82 Å². The fourth-order valence-corrected chi connectivity index (χ4v) is 3.75. The van der Waals surface area contributed by atoms with Gasteiger partial charge in [0.15, 0.2) is 6.61 Å². The van der Waals surface area contributed by atoms with Crippen molar-refractivity contribution in [2.45, 2.75) is 33.3 Å². The SMILES string of the molecule is Cc1ccc(C(C)C)cc1OCC(=O)N/N=C\c1c(OCc2ccc(F)cc2)ccc2ccccc12.